The number of likely N-dealkylation sites (N-methyl/N-ethyl adjacent to an activating group) is 1. The number of carbonyl (C=O) groups is 2. The van der Waals surface area contributed by atoms with Gasteiger partial charge in [0.05, 0.1) is 17.8 Å². The Morgan fingerprint density at radius 3 is 2.68 bits per heavy atom. The van der Waals surface area contributed by atoms with Gasteiger partial charge in [0.15, 0.2) is 5.84 Å². The Labute approximate surface area is 110 Å². The van der Waals surface area contributed by atoms with Crippen LogP contribution < -0.4 is 10.2 Å². The molecule has 1 aromatic rings. The van der Waals surface area contributed by atoms with Crippen LogP contribution in [0.15, 0.2) is 29.3 Å². The molecule has 19 heavy (non-hydrogen) atoms. The van der Waals surface area contributed by atoms with E-state index in [1.165, 1.54) is 18.0 Å². The molecule has 0 saturated heterocycles. The largest absolute Gasteiger partial charge is 0.478 e. The monoisotopic (exact) mass is 261 g/mol. The van der Waals surface area contributed by atoms with E-state index in [0.717, 1.165) is 0 Å². The first-order chi connectivity index (χ1) is 9.00. The van der Waals surface area contributed by atoms with Gasteiger partial charge in [-0.25, -0.2) is 4.79 Å². The zero-order chi connectivity index (χ0) is 14.0. The lowest BCUT2D eigenvalue weighted by Gasteiger charge is -2.19. The lowest BCUT2D eigenvalue weighted by atomic mass is 10.1. The van der Waals surface area contributed by atoms with E-state index in [2.05, 4.69) is 10.3 Å². The second kappa shape index (κ2) is 5.09. The van der Waals surface area contributed by atoms with Gasteiger partial charge in [-0.1, -0.05) is 12.1 Å². The lowest BCUT2D eigenvalue weighted by Crippen LogP contribution is -2.41. The van der Waals surface area contributed by atoms with Gasteiger partial charge in [-0.05, 0) is 19.1 Å². The average molecular weight is 261 g/mol. The molecule has 2 N–H and O–H groups in total. The maximum absolute atomic E-state index is 12.2. The van der Waals surface area contributed by atoms with Crippen molar-refractivity contribution in [2.45, 2.75) is 13.0 Å². The van der Waals surface area contributed by atoms with E-state index in [1.54, 1.807) is 18.2 Å². The van der Waals surface area contributed by atoms with Gasteiger partial charge in [0.1, 0.15) is 0 Å². The SMILES string of the molecule is CC1CN=C(C(=O)N(C)c2ccccc2C(=O)O)N1. The van der Waals surface area contributed by atoms with Gasteiger partial charge in [-0.3, -0.25) is 9.79 Å². The van der Waals surface area contributed by atoms with E-state index >= 15 is 0 Å². The van der Waals surface area contributed by atoms with Crippen LogP contribution in [0.3, 0.4) is 0 Å². The van der Waals surface area contributed by atoms with Crippen LogP contribution in [-0.2, 0) is 4.79 Å². The number of nitrogens with one attached hydrogen (secondary N) is 1. The van der Waals surface area contributed by atoms with Crippen LogP contribution in [0, 0.1) is 0 Å². The molecule has 0 spiro atoms. The predicted molar refractivity (Wildman–Crippen MR) is 71.7 cm³/mol. The zero-order valence-electron chi connectivity index (χ0n) is 10.8. The number of para-hydroxylation sites is 1. The van der Waals surface area contributed by atoms with Crippen molar-refractivity contribution in [1.82, 2.24) is 5.32 Å². The first kappa shape index (κ1) is 13.1. The van der Waals surface area contributed by atoms with Crippen molar-refractivity contribution in [2.75, 3.05) is 18.5 Å². The van der Waals surface area contributed by atoms with Gasteiger partial charge < -0.3 is 15.3 Å². The zero-order valence-corrected chi connectivity index (χ0v) is 10.8. The molecule has 1 aliphatic heterocycles. The predicted octanol–water partition coefficient (Wildman–Crippen LogP) is 0.738. The van der Waals surface area contributed by atoms with Gasteiger partial charge in [0, 0.05) is 13.1 Å². The fourth-order valence-electron chi connectivity index (χ4n) is 1.90. The molecule has 0 radical (unpaired) electrons. The number of carboxylic acids is 1. The molecule has 0 aromatic heterocycles. The standard InChI is InChI=1S/C13H15N3O3/c1-8-7-14-11(15-8)12(17)16(2)10-6-4-3-5-9(10)13(18)19/h3-6,8H,7H2,1-2H3,(H,14,15)(H,18,19). The molecule has 100 valence electrons. The summed E-state index contributed by atoms with van der Waals surface area (Å²) in [4.78, 5) is 28.7. The van der Waals surface area contributed by atoms with Gasteiger partial charge >= 0.3 is 5.97 Å². The van der Waals surface area contributed by atoms with Crippen LogP contribution >= 0.6 is 0 Å². The topological polar surface area (TPSA) is 82.0 Å². The number of aromatic carboxylic acids is 1. The molecule has 6 nitrogen and oxygen atoms in total. The van der Waals surface area contributed by atoms with Crippen molar-refractivity contribution in [3.63, 3.8) is 0 Å². The molecule has 0 fully saturated rings. The third-order valence-corrected chi connectivity index (χ3v) is 2.91. The third-order valence-electron chi connectivity index (χ3n) is 2.91. The average Bonchev–Trinajstić information content (AvgIpc) is 2.83. The molecule has 1 aromatic carbocycles. The number of nitrogens with zero attached hydrogens (tertiary/aromatic N) is 2. The first-order valence-corrected chi connectivity index (χ1v) is 5.92. The van der Waals surface area contributed by atoms with Crippen molar-refractivity contribution in [2.24, 2.45) is 4.99 Å². The van der Waals surface area contributed by atoms with Crippen LogP contribution in [0.5, 0.6) is 0 Å². The summed E-state index contributed by atoms with van der Waals surface area (Å²) in [5.41, 5.74) is 0.439. The molecule has 0 aliphatic carbocycles. The molecule has 1 unspecified atom stereocenters. The molecular weight excluding hydrogens is 246 g/mol. The Bertz CT molecular complexity index is 554. The number of carboxylic acid groups (broad SMARTS) is 1. The summed E-state index contributed by atoms with van der Waals surface area (Å²) < 4.78 is 0. The van der Waals surface area contributed by atoms with Crippen LogP contribution in [-0.4, -0.2) is 42.5 Å². The molecule has 1 heterocycles. The highest BCUT2D eigenvalue weighted by Gasteiger charge is 2.25. The van der Waals surface area contributed by atoms with Crippen molar-refractivity contribution in [1.29, 1.82) is 0 Å². The quantitative estimate of drug-likeness (QED) is 0.840. The van der Waals surface area contributed by atoms with Crippen molar-refractivity contribution in [3.8, 4) is 0 Å². The van der Waals surface area contributed by atoms with E-state index in [1.807, 2.05) is 6.92 Å². The highest BCUT2D eigenvalue weighted by Crippen LogP contribution is 2.19. The molecule has 0 bridgehead atoms. The van der Waals surface area contributed by atoms with Gasteiger partial charge in [-0.15, -0.1) is 0 Å². The summed E-state index contributed by atoms with van der Waals surface area (Å²) in [6, 6.07) is 6.51. The van der Waals surface area contributed by atoms with E-state index in [9.17, 15) is 9.59 Å². The highest BCUT2D eigenvalue weighted by molar-refractivity contribution is 6.43. The third kappa shape index (κ3) is 2.57. The smallest absolute Gasteiger partial charge is 0.337 e. The molecule has 6 heteroatoms. The number of rotatable bonds is 3. The second-order valence-corrected chi connectivity index (χ2v) is 4.42. The van der Waals surface area contributed by atoms with E-state index < -0.39 is 5.97 Å². The maximum Gasteiger partial charge on any atom is 0.337 e. The number of hydrogen-bond donors (Lipinski definition) is 2. The van der Waals surface area contributed by atoms with Crippen LogP contribution in [0.25, 0.3) is 0 Å². The normalized spacial score (nSPS) is 17.6. The summed E-state index contributed by atoms with van der Waals surface area (Å²) in [6.45, 7) is 2.48. The molecule has 2 rings (SSSR count). The Morgan fingerprint density at radius 2 is 2.11 bits per heavy atom. The molecule has 1 atom stereocenters. The first-order valence-electron chi connectivity index (χ1n) is 5.92. The van der Waals surface area contributed by atoms with Crippen LogP contribution in [0.4, 0.5) is 5.69 Å². The van der Waals surface area contributed by atoms with E-state index in [0.29, 0.717) is 12.2 Å². The fourth-order valence-corrected chi connectivity index (χ4v) is 1.90. The minimum atomic E-state index is -1.06. The van der Waals surface area contributed by atoms with Gasteiger partial charge in [0.25, 0.3) is 5.91 Å². The van der Waals surface area contributed by atoms with Crippen LogP contribution in [0.2, 0.25) is 0 Å². The van der Waals surface area contributed by atoms with Gasteiger partial charge in [0.2, 0.25) is 0 Å². The molecule has 0 saturated carbocycles. The Hall–Kier alpha value is -2.37. The minimum Gasteiger partial charge on any atom is -0.478 e. The number of benzene rings is 1. The summed E-state index contributed by atoms with van der Waals surface area (Å²) in [5.74, 6) is -1.13. The second-order valence-electron chi connectivity index (χ2n) is 4.42. The molecule has 1 aliphatic rings. The molecular formula is C13H15N3O3. The Balaban J connectivity index is 2.27. The number of hydrogen-bond acceptors (Lipinski definition) is 4. The van der Waals surface area contributed by atoms with E-state index in [4.69, 9.17) is 5.11 Å². The maximum atomic E-state index is 12.2. The summed E-state index contributed by atoms with van der Waals surface area (Å²) in [5, 5.41) is 12.1. The summed E-state index contributed by atoms with van der Waals surface area (Å²) >= 11 is 0. The number of amides is 1. The number of amidine groups is 1. The van der Waals surface area contributed by atoms with Crippen molar-refractivity contribution >= 4 is 23.4 Å². The molecule has 1 amide bonds. The number of anilines is 1. The fraction of sp³-hybridized carbons (Fsp3) is 0.308. The summed E-state index contributed by atoms with van der Waals surface area (Å²) in [7, 11) is 1.54. The number of aliphatic imine (C=N–C) groups is 1. The Kier molecular flexibility index (Phi) is 3.50. The minimum absolute atomic E-state index is 0.0880. The lowest BCUT2D eigenvalue weighted by molar-refractivity contribution is -0.112. The number of carbonyl (C=O) groups excluding carboxylic acids is 1. The summed E-state index contributed by atoms with van der Waals surface area (Å²) in [6.07, 6.45) is 0. The van der Waals surface area contributed by atoms with Crippen molar-refractivity contribution < 1.29 is 14.7 Å². The Morgan fingerprint density at radius 1 is 1.42 bits per heavy atom. The van der Waals surface area contributed by atoms with Gasteiger partial charge in [-0.2, -0.15) is 0 Å². The van der Waals surface area contributed by atoms with E-state index in [-0.39, 0.29) is 23.3 Å². The van der Waals surface area contributed by atoms with Crippen LogP contribution in [0.1, 0.15) is 17.3 Å². The highest BCUT2D eigenvalue weighted by atomic mass is 16.4. The van der Waals surface area contributed by atoms with Crippen molar-refractivity contribution in [3.05, 3.63) is 29.8 Å².